The summed E-state index contributed by atoms with van der Waals surface area (Å²) < 4.78 is 1.46. The molecule has 6 nitrogen and oxygen atoms in total. The second-order valence-corrected chi connectivity index (χ2v) is 9.24. The first-order valence-corrected chi connectivity index (χ1v) is 9.16. The molecular weight excluding hydrogens is 338 g/mol. The molecule has 2 aromatic heterocycles. The fourth-order valence-corrected chi connectivity index (χ4v) is 4.80. The highest BCUT2D eigenvalue weighted by atomic mass is 32.1. The van der Waals surface area contributed by atoms with Crippen LogP contribution in [0.2, 0.25) is 0 Å². The molecule has 3 rings (SSSR count). The maximum Gasteiger partial charge on any atom is 0.263 e. The van der Waals surface area contributed by atoms with Gasteiger partial charge in [-0.1, -0.05) is 27.7 Å². The molecule has 1 aliphatic heterocycles. The first-order chi connectivity index (χ1) is 11.5. The van der Waals surface area contributed by atoms with Crippen molar-refractivity contribution in [2.45, 2.75) is 54.0 Å². The molecule has 1 fully saturated rings. The van der Waals surface area contributed by atoms with Gasteiger partial charge in [0.1, 0.15) is 11.9 Å². The number of fused-ring (bicyclic) bond motifs is 1. The van der Waals surface area contributed by atoms with Gasteiger partial charge in [-0.05, 0) is 25.7 Å². The summed E-state index contributed by atoms with van der Waals surface area (Å²) in [6.45, 7) is 11.1. The van der Waals surface area contributed by atoms with E-state index in [1.165, 1.54) is 15.9 Å². The van der Waals surface area contributed by atoms with E-state index < -0.39 is 22.8 Å². The average molecular weight is 361 g/mol. The van der Waals surface area contributed by atoms with Gasteiger partial charge in [-0.3, -0.25) is 24.3 Å². The number of hydrogen-bond donors (Lipinski definition) is 1. The number of amides is 2. The molecule has 0 saturated carbocycles. The van der Waals surface area contributed by atoms with Gasteiger partial charge < -0.3 is 0 Å². The molecule has 2 amide bonds. The molecule has 2 aromatic rings. The topological polar surface area (TPSA) is 81.1 Å². The van der Waals surface area contributed by atoms with Crippen LogP contribution in [0.15, 0.2) is 10.2 Å². The van der Waals surface area contributed by atoms with E-state index in [1.54, 1.807) is 12.3 Å². The Labute approximate surface area is 150 Å². The van der Waals surface area contributed by atoms with Crippen LogP contribution in [0.1, 0.15) is 50.9 Å². The zero-order valence-corrected chi connectivity index (χ0v) is 16.2. The van der Waals surface area contributed by atoms with Crippen LogP contribution >= 0.6 is 11.3 Å². The molecule has 0 aromatic carbocycles. The van der Waals surface area contributed by atoms with Crippen LogP contribution in [-0.4, -0.2) is 21.4 Å². The Bertz CT molecular complexity index is 952. The lowest BCUT2D eigenvalue weighted by Gasteiger charge is -2.35. The molecule has 25 heavy (non-hydrogen) atoms. The SMILES string of the molecule is Cc1scc2c(=O)n(C3C(=O)NC(=O)C(C)(C)CC3(C)C)c(C)nc12. The van der Waals surface area contributed by atoms with Crippen molar-refractivity contribution in [3.05, 3.63) is 26.4 Å². The summed E-state index contributed by atoms with van der Waals surface area (Å²) in [5, 5.41) is 4.79. The molecule has 1 atom stereocenters. The van der Waals surface area contributed by atoms with Gasteiger partial charge in [0.15, 0.2) is 0 Å². The molecule has 0 bridgehead atoms. The lowest BCUT2D eigenvalue weighted by Crippen LogP contribution is -2.44. The van der Waals surface area contributed by atoms with E-state index in [2.05, 4.69) is 10.3 Å². The van der Waals surface area contributed by atoms with Gasteiger partial charge in [0.05, 0.1) is 10.9 Å². The molecule has 0 spiro atoms. The van der Waals surface area contributed by atoms with Crippen molar-refractivity contribution in [3.8, 4) is 0 Å². The van der Waals surface area contributed by atoms with Crippen LogP contribution < -0.4 is 10.9 Å². The Hall–Kier alpha value is -2.02. The average Bonchev–Trinajstić information content (AvgIpc) is 2.80. The van der Waals surface area contributed by atoms with Gasteiger partial charge in [-0.25, -0.2) is 4.98 Å². The second-order valence-electron chi connectivity index (χ2n) is 8.16. The monoisotopic (exact) mass is 361 g/mol. The van der Waals surface area contributed by atoms with Crippen LogP contribution in [0.4, 0.5) is 0 Å². The van der Waals surface area contributed by atoms with Gasteiger partial charge in [0.2, 0.25) is 11.8 Å². The number of nitrogens with zero attached hydrogens (tertiary/aromatic N) is 2. The zero-order valence-electron chi connectivity index (χ0n) is 15.4. The highest BCUT2D eigenvalue weighted by molar-refractivity contribution is 7.11. The zero-order chi connectivity index (χ0) is 18.7. The highest BCUT2D eigenvalue weighted by Crippen LogP contribution is 2.44. The van der Waals surface area contributed by atoms with Crippen LogP contribution in [-0.2, 0) is 9.59 Å². The smallest absolute Gasteiger partial charge is 0.263 e. The van der Waals surface area contributed by atoms with Crippen LogP contribution in [0.25, 0.3) is 10.9 Å². The molecule has 1 aliphatic rings. The summed E-state index contributed by atoms with van der Waals surface area (Å²) in [5.74, 6) is -0.266. The van der Waals surface area contributed by atoms with Crippen molar-refractivity contribution in [1.82, 2.24) is 14.9 Å². The minimum Gasteiger partial charge on any atom is -0.294 e. The summed E-state index contributed by atoms with van der Waals surface area (Å²) in [6, 6.07) is -0.789. The molecule has 0 aliphatic carbocycles. The van der Waals surface area contributed by atoms with Gasteiger partial charge in [0.25, 0.3) is 5.56 Å². The summed E-state index contributed by atoms with van der Waals surface area (Å²) >= 11 is 1.47. The van der Waals surface area contributed by atoms with Gasteiger partial charge in [-0.15, -0.1) is 11.3 Å². The summed E-state index contributed by atoms with van der Waals surface area (Å²) in [6.07, 6.45) is 0.481. The standard InChI is InChI=1S/C18H23N3O3S/c1-9-12-11(7-25-9)15(23)21(10(2)19-12)13-14(22)20-16(24)18(5,6)8-17(13,3)4/h7,13H,8H2,1-6H3,(H,20,22,24). The Morgan fingerprint density at radius 2 is 1.84 bits per heavy atom. The molecule has 1 saturated heterocycles. The predicted octanol–water partition coefficient (Wildman–Crippen LogP) is 2.71. The number of aryl methyl sites for hydroxylation is 2. The molecule has 1 N–H and O–H groups in total. The van der Waals surface area contributed by atoms with Crippen molar-refractivity contribution >= 4 is 34.1 Å². The third-order valence-corrected chi connectivity index (χ3v) is 5.91. The molecule has 7 heteroatoms. The molecule has 1 unspecified atom stereocenters. The van der Waals surface area contributed by atoms with Gasteiger partial charge in [-0.2, -0.15) is 0 Å². The Kier molecular flexibility index (Phi) is 3.91. The number of thiophene rings is 1. The van der Waals surface area contributed by atoms with Crippen LogP contribution in [0.5, 0.6) is 0 Å². The number of aromatic nitrogens is 2. The van der Waals surface area contributed by atoms with E-state index in [0.29, 0.717) is 23.1 Å². The van der Waals surface area contributed by atoms with Crippen LogP contribution in [0, 0.1) is 24.7 Å². The van der Waals surface area contributed by atoms with E-state index in [0.717, 1.165) is 4.88 Å². The maximum absolute atomic E-state index is 13.1. The Balaban J connectivity index is 2.27. The summed E-state index contributed by atoms with van der Waals surface area (Å²) in [7, 11) is 0. The third kappa shape index (κ3) is 2.70. The largest absolute Gasteiger partial charge is 0.294 e. The lowest BCUT2D eigenvalue weighted by atomic mass is 9.72. The molecular formula is C18H23N3O3S. The number of rotatable bonds is 1. The molecule has 134 valence electrons. The van der Waals surface area contributed by atoms with Crippen molar-refractivity contribution in [1.29, 1.82) is 0 Å². The van der Waals surface area contributed by atoms with E-state index >= 15 is 0 Å². The van der Waals surface area contributed by atoms with Crippen molar-refractivity contribution in [2.24, 2.45) is 10.8 Å². The first-order valence-electron chi connectivity index (χ1n) is 8.28. The minimum absolute atomic E-state index is 0.229. The number of carbonyl (C=O) groups excluding carboxylic acids is 2. The number of carbonyl (C=O) groups is 2. The van der Waals surface area contributed by atoms with E-state index in [4.69, 9.17) is 0 Å². The normalized spacial score (nSPS) is 22.7. The van der Waals surface area contributed by atoms with Crippen molar-refractivity contribution < 1.29 is 9.59 Å². The highest BCUT2D eigenvalue weighted by Gasteiger charge is 2.48. The Morgan fingerprint density at radius 1 is 1.20 bits per heavy atom. The quantitative estimate of drug-likeness (QED) is 0.792. The van der Waals surface area contributed by atoms with Gasteiger partial charge >= 0.3 is 0 Å². The fourth-order valence-electron chi connectivity index (χ4n) is 4.02. The van der Waals surface area contributed by atoms with E-state index in [9.17, 15) is 14.4 Å². The van der Waals surface area contributed by atoms with Crippen molar-refractivity contribution in [2.75, 3.05) is 0 Å². The summed E-state index contributed by atoms with van der Waals surface area (Å²) in [5.41, 5.74) is -0.823. The van der Waals surface area contributed by atoms with E-state index in [-0.39, 0.29) is 11.5 Å². The minimum atomic E-state index is -0.789. The van der Waals surface area contributed by atoms with Crippen molar-refractivity contribution in [3.63, 3.8) is 0 Å². The number of imide groups is 1. The first kappa shape index (κ1) is 17.8. The Morgan fingerprint density at radius 3 is 2.48 bits per heavy atom. The summed E-state index contributed by atoms with van der Waals surface area (Å²) in [4.78, 5) is 43.9. The fraction of sp³-hybridized carbons (Fsp3) is 0.556. The predicted molar refractivity (Wildman–Crippen MR) is 97.7 cm³/mol. The van der Waals surface area contributed by atoms with E-state index in [1.807, 2.05) is 34.6 Å². The molecule has 0 radical (unpaired) electrons. The van der Waals surface area contributed by atoms with Gasteiger partial charge in [0, 0.05) is 15.7 Å². The molecule has 3 heterocycles. The van der Waals surface area contributed by atoms with Crippen LogP contribution in [0.3, 0.4) is 0 Å². The lowest BCUT2D eigenvalue weighted by molar-refractivity contribution is -0.135. The number of nitrogens with one attached hydrogen (secondary N) is 1. The third-order valence-electron chi connectivity index (χ3n) is 5.01. The number of hydrogen-bond acceptors (Lipinski definition) is 5. The maximum atomic E-state index is 13.1. The second kappa shape index (κ2) is 5.49.